The summed E-state index contributed by atoms with van der Waals surface area (Å²) in [4.78, 5) is 24.2. The van der Waals surface area contributed by atoms with Crippen LogP contribution in [0.1, 0.15) is 5.56 Å². The number of nitrogens with one attached hydrogen (secondary N) is 1. The highest BCUT2D eigenvalue weighted by Crippen LogP contribution is 2.08. The molecule has 17 heavy (non-hydrogen) atoms. The molecule has 0 radical (unpaired) electrons. The summed E-state index contributed by atoms with van der Waals surface area (Å²) >= 11 is 0. The van der Waals surface area contributed by atoms with E-state index in [0.29, 0.717) is 5.69 Å². The molecule has 0 saturated heterocycles. The van der Waals surface area contributed by atoms with Crippen LogP contribution >= 0.6 is 0 Å². The lowest BCUT2D eigenvalue weighted by molar-refractivity contribution is -0.142. The summed E-state index contributed by atoms with van der Waals surface area (Å²) in [5.41, 5.74) is 1.65. The van der Waals surface area contributed by atoms with Crippen LogP contribution in [-0.4, -0.2) is 42.0 Å². The van der Waals surface area contributed by atoms with E-state index in [1.165, 1.54) is 11.9 Å². The number of rotatable bonds is 3. The van der Waals surface area contributed by atoms with E-state index in [4.69, 9.17) is 5.11 Å². The third-order valence-electron chi connectivity index (χ3n) is 2.29. The molecule has 0 aliphatic rings. The number of anilines is 1. The van der Waals surface area contributed by atoms with Crippen molar-refractivity contribution in [2.75, 3.05) is 25.5 Å². The second-order valence-electron chi connectivity index (χ2n) is 3.77. The van der Waals surface area contributed by atoms with Crippen molar-refractivity contribution in [1.82, 2.24) is 4.90 Å². The van der Waals surface area contributed by atoms with Crippen LogP contribution < -0.4 is 5.32 Å². The van der Waals surface area contributed by atoms with E-state index < -0.39 is 11.8 Å². The molecule has 92 valence electrons. The molecule has 0 saturated carbocycles. The SMILES string of the molecule is Cc1ccc(NC(=O)C(=O)N(C)CCO)cc1. The average Bonchev–Trinajstić information content (AvgIpc) is 2.31. The minimum atomic E-state index is -0.704. The standard InChI is InChI=1S/C12H16N2O3/c1-9-3-5-10(6-4-9)13-11(16)12(17)14(2)7-8-15/h3-6,15H,7-8H2,1-2H3,(H,13,16). The maximum Gasteiger partial charge on any atom is 0.313 e. The van der Waals surface area contributed by atoms with Crippen molar-refractivity contribution in [3.8, 4) is 0 Å². The molecule has 0 aliphatic carbocycles. The molecule has 0 aromatic heterocycles. The third kappa shape index (κ3) is 3.88. The summed E-state index contributed by atoms with van der Waals surface area (Å²) in [5.74, 6) is -1.37. The zero-order chi connectivity index (χ0) is 12.8. The first kappa shape index (κ1) is 13.2. The Labute approximate surface area is 100 Å². The van der Waals surface area contributed by atoms with Crippen molar-refractivity contribution in [2.24, 2.45) is 0 Å². The number of nitrogens with zero attached hydrogens (tertiary/aromatic N) is 1. The Morgan fingerprint density at radius 2 is 1.88 bits per heavy atom. The molecule has 0 unspecified atom stereocenters. The molecule has 0 aliphatic heterocycles. The summed E-state index contributed by atoms with van der Waals surface area (Å²) in [6.45, 7) is 1.91. The number of hydrogen-bond donors (Lipinski definition) is 2. The van der Waals surface area contributed by atoms with E-state index in [2.05, 4.69) is 5.32 Å². The summed E-state index contributed by atoms with van der Waals surface area (Å²) in [7, 11) is 1.47. The van der Waals surface area contributed by atoms with Crippen LogP contribution in [-0.2, 0) is 9.59 Å². The van der Waals surface area contributed by atoms with Crippen LogP contribution in [0.25, 0.3) is 0 Å². The van der Waals surface area contributed by atoms with Gasteiger partial charge >= 0.3 is 11.8 Å². The van der Waals surface area contributed by atoms with Gasteiger partial charge in [0.2, 0.25) is 0 Å². The highest BCUT2D eigenvalue weighted by atomic mass is 16.3. The fourth-order valence-electron chi connectivity index (χ4n) is 1.25. The average molecular weight is 236 g/mol. The van der Waals surface area contributed by atoms with Gasteiger partial charge in [0.05, 0.1) is 6.61 Å². The minimum absolute atomic E-state index is 0.139. The van der Waals surface area contributed by atoms with E-state index in [-0.39, 0.29) is 13.2 Å². The first-order valence-electron chi connectivity index (χ1n) is 5.28. The summed E-state index contributed by atoms with van der Waals surface area (Å²) < 4.78 is 0. The Balaban J connectivity index is 2.60. The van der Waals surface area contributed by atoms with Crippen LogP contribution in [0, 0.1) is 6.92 Å². The first-order valence-corrected chi connectivity index (χ1v) is 5.28. The van der Waals surface area contributed by atoms with Crippen LogP contribution in [0.15, 0.2) is 24.3 Å². The molecule has 0 fully saturated rings. The Kier molecular flexibility index (Phi) is 4.66. The van der Waals surface area contributed by atoms with Crippen LogP contribution in [0.5, 0.6) is 0 Å². The first-order chi connectivity index (χ1) is 8.04. The van der Waals surface area contributed by atoms with Crippen molar-refractivity contribution in [3.63, 3.8) is 0 Å². The number of aliphatic hydroxyl groups is 1. The molecule has 0 heterocycles. The van der Waals surface area contributed by atoms with Gasteiger partial charge < -0.3 is 15.3 Å². The maximum absolute atomic E-state index is 11.5. The summed E-state index contributed by atoms with van der Waals surface area (Å²) in [6, 6.07) is 7.15. The van der Waals surface area contributed by atoms with E-state index >= 15 is 0 Å². The van der Waals surface area contributed by atoms with Gasteiger partial charge in [-0.2, -0.15) is 0 Å². The lowest BCUT2D eigenvalue weighted by atomic mass is 10.2. The zero-order valence-electron chi connectivity index (χ0n) is 9.93. The van der Waals surface area contributed by atoms with Crippen molar-refractivity contribution >= 4 is 17.5 Å². The van der Waals surface area contributed by atoms with Crippen LogP contribution in [0.3, 0.4) is 0 Å². The molecule has 2 N–H and O–H groups in total. The van der Waals surface area contributed by atoms with Gasteiger partial charge in [-0.1, -0.05) is 17.7 Å². The number of amides is 2. The smallest absolute Gasteiger partial charge is 0.313 e. The van der Waals surface area contributed by atoms with Crippen molar-refractivity contribution < 1.29 is 14.7 Å². The van der Waals surface area contributed by atoms with Gasteiger partial charge in [-0.25, -0.2) is 0 Å². The van der Waals surface area contributed by atoms with E-state index in [0.717, 1.165) is 5.56 Å². The second kappa shape index (κ2) is 6.00. The second-order valence-corrected chi connectivity index (χ2v) is 3.77. The largest absolute Gasteiger partial charge is 0.395 e. The lowest BCUT2D eigenvalue weighted by Gasteiger charge is -2.14. The molecule has 5 nitrogen and oxygen atoms in total. The molecule has 0 atom stereocenters. The fraction of sp³-hybridized carbons (Fsp3) is 0.333. The molecular weight excluding hydrogens is 220 g/mol. The molecule has 0 bridgehead atoms. The number of hydrogen-bond acceptors (Lipinski definition) is 3. The zero-order valence-corrected chi connectivity index (χ0v) is 9.93. The summed E-state index contributed by atoms with van der Waals surface area (Å²) in [5, 5.41) is 11.2. The van der Waals surface area contributed by atoms with Gasteiger partial charge in [0.25, 0.3) is 0 Å². The number of likely N-dealkylation sites (N-methyl/N-ethyl adjacent to an activating group) is 1. The van der Waals surface area contributed by atoms with E-state index in [1.54, 1.807) is 12.1 Å². The number of aliphatic hydroxyl groups excluding tert-OH is 1. The van der Waals surface area contributed by atoms with Gasteiger partial charge in [0.1, 0.15) is 0 Å². The molecule has 5 heteroatoms. The van der Waals surface area contributed by atoms with Gasteiger partial charge in [-0.05, 0) is 19.1 Å². The van der Waals surface area contributed by atoms with Gasteiger partial charge in [-0.3, -0.25) is 9.59 Å². The van der Waals surface area contributed by atoms with Crippen LogP contribution in [0.2, 0.25) is 0 Å². The molecule has 1 rings (SSSR count). The maximum atomic E-state index is 11.5. The highest BCUT2D eigenvalue weighted by Gasteiger charge is 2.17. The lowest BCUT2D eigenvalue weighted by Crippen LogP contribution is -2.38. The van der Waals surface area contributed by atoms with Crippen molar-refractivity contribution in [2.45, 2.75) is 6.92 Å². The number of aryl methyl sites for hydroxylation is 1. The minimum Gasteiger partial charge on any atom is -0.395 e. The van der Waals surface area contributed by atoms with E-state index in [1.807, 2.05) is 19.1 Å². The molecule has 2 amide bonds. The Bertz CT molecular complexity index is 401. The topological polar surface area (TPSA) is 69.6 Å². The molecule has 0 spiro atoms. The number of carbonyl (C=O) groups is 2. The van der Waals surface area contributed by atoms with Crippen molar-refractivity contribution in [1.29, 1.82) is 0 Å². The van der Waals surface area contributed by atoms with Gasteiger partial charge in [0.15, 0.2) is 0 Å². The Morgan fingerprint density at radius 1 is 1.29 bits per heavy atom. The van der Waals surface area contributed by atoms with Crippen molar-refractivity contribution in [3.05, 3.63) is 29.8 Å². The number of benzene rings is 1. The van der Waals surface area contributed by atoms with E-state index in [9.17, 15) is 9.59 Å². The van der Waals surface area contributed by atoms with Gasteiger partial charge in [-0.15, -0.1) is 0 Å². The fourth-order valence-corrected chi connectivity index (χ4v) is 1.25. The monoisotopic (exact) mass is 236 g/mol. The summed E-state index contributed by atoms with van der Waals surface area (Å²) in [6.07, 6.45) is 0. The quantitative estimate of drug-likeness (QED) is 0.746. The molecule has 1 aromatic rings. The van der Waals surface area contributed by atoms with Crippen LogP contribution in [0.4, 0.5) is 5.69 Å². The third-order valence-corrected chi connectivity index (χ3v) is 2.29. The molecule has 1 aromatic carbocycles. The normalized spacial score (nSPS) is 9.82. The predicted octanol–water partition coefficient (Wildman–Crippen LogP) is 0.384. The Morgan fingerprint density at radius 3 is 2.41 bits per heavy atom. The highest BCUT2D eigenvalue weighted by molar-refractivity contribution is 6.39. The predicted molar refractivity (Wildman–Crippen MR) is 64.5 cm³/mol. The number of carbonyl (C=O) groups excluding carboxylic acids is 2. The molecular formula is C12H16N2O3. The Hall–Kier alpha value is -1.88. The van der Waals surface area contributed by atoms with Gasteiger partial charge in [0, 0.05) is 19.3 Å².